The van der Waals surface area contributed by atoms with Crippen LogP contribution in [-0.2, 0) is 10.5 Å². The molecule has 0 aliphatic carbocycles. The van der Waals surface area contributed by atoms with Crippen LogP contribution < -0.4 is 0 Å². The lowest BCUT2D eigenvalue weighted by Crippen LogP contribution is -2.31. The predicted molar refractivity (Wildman–Crippen MR) is 68.7 cm³/mol. The topological polar surface area (TPSA) is 33.2 Å². The maximum absolute atomic E-state index is 12.0. The summed E-state index contributed by atoms with van der Waals surface area (Å²) >= 11 is 1.36. The van der Waals surface area contributed by atoms with E-state index in [0.29, 0.717) is 5.75 Å². The van der Waals surface area contributed by atoms with Crippen molar-refractivity contribution in [1.29, 1.82) is 0 Å². The zero-order valence-corrected chi connectivity index (χ0v) is 11.3. The standard InChI is InChI=1S/C12H15F3N2OS/c1-17(6-4-12(13,14)15)11(18)9-19-8-10-3-2-5-16-7-10/h2-3,5,7H,4,6,8-9H2,1H3. The van der Waals surface area contributed by atoms with Crippen LogP contribution in [0.2, 0.25) is 0 Å². The van der Waals surface area contributed by atoms with Gasteiger partial charge in [-0.05, 0) is 11.6 Å². The Labute approximate surface area is 114 Å². The van der Waals surface area contributed by atoms with E-state index in [1.807, 2.05) is 6.07 Å². The minimum absolute atomic E-state index is 0.170. The van der Waals surface area contributed by atoms with Gasteiger partial charge in [-0.25, -0.2) is 0 Å². The molecule has 3 nitrogen and oxygen atoms in total. The fourth-order valence-electron chi connectivity index (χ4n) is 1.27. The molecule has 0 aromatic carbocycles. The summed E-state index contributed by atoms with van der Waals surface area (Å²) in [7, 11) is 1.39. The van der Waals surface area contributed by atoms with Crippen LogP contribution in [0.15, 0.2) is 24.5 Å². The van der Waals surface area contributed by atoms with Gasteiger partial charge in [-0.2, -0.15) is 13.2 Å². The lowest BCUT2D eigenvalue weighted by molar-refractivity contribution is -0.142. The van der Waals surface area contributed by atoms with Gasteiger partial charge in [0.2, 0.25) is 5.91 Å². The average Bonchev–Trinajstić information content (AvgIpc) is 2.36. The Hall–Kier alpha value is -1.24. The van der Waals surface area contributed by atoms with E-state index in [9.17, 15) is 18.0 Å². The molecular formula is C12H15F3N2OS. The van der Waals surface area contributed by atoms with Gasteiger partial charge in [0.15, 0.2) is 0 Å². The number of halogens is 3. The highest BCUT2D eigenvalue weighted by atomic mass is 32.2. The summed E-state index contributed by atoms with van der Waals surface area (Å²) in [5, 5.41) is 0. The zero-order chi connectivity index (χ0) is 14.3. The number of carbonyl (C=O) groups excluding carboxylic acids is 1. The van der Waals surface area contributed by atoms with Gasteiger partial charge in [-0.3, -0.25) is 9.78 Å². The van der Waals surface area contributed by atoms with Crippen LogP contribution in [-0.4, -0.2) is 41.3 Å². The van der Waals surface area contributed by atoms with Crippen molar-refractivity contribution in [3.63, 3.8) is 0 Å². The average molecular weight is 292 g/mol. The summed E-state index contributed by atoms with van der Waals surface area (Å²) in [4.78, 5) is 16.6. The van der Waals surface area contributed by atoms with E-state index in [0.717, 1.165) is 10.5 Å². The van der Waals surface area contributed by atoms with Crippen molar-refractivity contribution in [2.24, 2.45) is 0 Å². The first-order valence-electron chi connectivity index (χ1n) is 5.66. The third kappa shape index (κ3) is 7.05. The maximum atomic E-state index is 12.0. The second kappa shape index (κ2) is 7.37. The normalized spacial score (nSPS) is 11.4. The molecule has 0 aliphatic heterocycles. The van der Waals surface area contributed by atoms with Gasteiger partial charge in [0.25, 0.3) is 0 Å². The molecule has 0 bridgehead atoms. The number of nitrogens with zero attached hydrogens (tertiary/aromatic N) is 2. The highest BCUT2D eigenvalue weighted by Gasteiger charge is 2.27. The van der Waals surface area contributed by atoms with Crippen LogP contribution >= 0.6 is 11.8 Å². The van der Waals surface area contributed by atoms with Crippen LogP contribution in [0.3, 0.4) is 0 Å². The third-order valence-corrected chi connectivity index (χ3v) is 3.36. The van der Waals surface area contributed by atoms with Crippen LogP contribution in [0.5, 0.6) is 0 Å². The first-order chi connectivity index (χ1) is 8.88. The zero-order valence-electron chi connectivity index (χ0n) is 10.5. The van der Waals surface area contributed by atoms with Gasteiger partial charge in [0.05, 0.1) is 12.2 Å². The Morgan fingerprint density at radius 1 is 1.47 bits per heavy atom. The highest BCUT2D eigenvalue weighted by Crippen LogP contribution is 2.19. The van der Waals surface area contributed by atoms with E-state index in [4.69, 9.17) is 0 Å². The molecule has 7 heteroatoms. The lowest BCUT2D eigenvalue weighted by atomic mass is 10.3. The minimum atomic E-state index is -4.22. The van der Waals surface area contributed by atoms with Crippen LogP contribution in [0.1, 0.15) is 12.0 Å². The molecule has 0 saturated carbocycles. The molecule has 1 heterocycles. The van der Waals surface area contributed by atoms with E-state index in [-0.39, 0.29) is 18.2 Å². The van der Waals surface area contributed by atoms with Crippen LogP contribution in [0, 0.1) is 0 Å². The molecule has 0 fully saturated rings. The molecule has 1 rings (SSSR count). The smallest absolute Gasteiger partial charge is 0.345 e. The van der Waals surface area contributed by atoms with Gasteiger partial charge in [-0.15, -0.1) is 11.8 Å². The summed E-state index contributed by atoms with van der Waals surface area (Å²) in [6.45, 7) is -0.296. The quantitative estimate of drug-likeness (QED) is 0.808. The monoisotopic (exact) mass is 292 g/mol. The fraction of sp³-hybridized carbons (Fsp3) is 0.500. The summed E-state index contributed by atoms with van der Waals surface area (Å²) in [5.41, 5.74) is 0.984. The van der Waals surface area contributed by atoms with E-state index in [2.05, 4.69) is 4.98 Å². The summed E-state index contributed by atoms with van der Waals surface area (Å²) < 4.78 is 36.0. The number of hydrogen-bond donors (Lipinski definition) is 0. The molecule has 0 aliphatic rings. The number of rotatable bonds is 6. The molecule has 0 atom stereocenters. The number of thioether (sulfide) groups is 1. The number of hydrogen-bond acceptors (Lipinski definition) is 3. The summed E-state index contributed by atoms with van der Waals surface area (Å²) in [5.74, 6) is 0.494. The van der Waals surface area contributed by atoms with Crippen molar-refractivity contribution in [2.75, 3.05) is 19.3 Å². The third-order valence-electron chi connectivity index (χ3n) is 2.37. The molecule has 106 valence electrons. The lowest BCUT2D eigenvalue weighted by Gasteiger charge is -2.17. The van der Waals surface area contributed by atoms with Crippen LogP contribution in [0.25, 0.3) is 0 Å². The summed E-state index contributed by atoms with van der Waals surface area (Å²) in [6.07, 6.45) is -1.84. The first-order valence-corrected chi connectivity index (χ1v) is 6.81. The van der Waals surface area contributed by atoms with E-state index in [1.54, 1.807) is 18.5 Å². The molecular weight excluding hydrogens is 277 g/mol. The minimum Gasteiger partial charge on any atom is -0.345 e. The van der Waals surface area contributed by atoms with Crippen molar-refractivity contribution in [2.45, 2.75) is 18.3 Å². The van der Waals surface area contributed by atoms with Gasteiger partial charge < -0.3 is 4.90 Å². The number of alkyl halides is 3. The van der Waals surface area contributed by atoms with Crippen molar-refractivity contribution in [3.8, 4) is 0 Å². The molecule has 1 amide bonds. The number of pyridine rings is 1. The molecule has 1 aromatic rings. The molecule has 0 radical (unpaired) electrons. The predicted octanol–water partition coefficient (Wildman–Crippen LogP) is 2.73. The molecule has 19 heavy (non-hydrogen) atoms. The van der Waals surface area contributed by atoms with E-state index < -0.39 is 12.6 Å². The van der Waals surface area contributed by atoms with Gasteiger partial charge in [0.1, 0.15) is 0 Å². The Morgan fingerprint density at radius 2 is 2.21 bits per heavy atom. The molecule has 1 aromatic heterocycles. The van der Waals surface area contributed by atoms with Crippen LogP contribution in [0.4, 0.5) is 13.2 Å². The molecule has 0 saturated heterocycles. The Kier molecular flexibility index (Phi) is 6.14. The first kappa shape index (κ1) is 15.8. The highest BCUT2D eigenvalue weighted by molar-refractivity contribution is 7.99. The number of carbonyl (C=O) groups is 1. The van der Waals surface area contributed by atoms with Gasteiger partial charge >= 0.3 is 6.18 Å². The second-order valence-corrected chi connectivity index (χ2v) is 5.02. The van der Waals surface area contributed by atoms with Gasteiger partial charge in [-0.1, -0.05) is 6.07 Å². The van der Waals surface area contributed by atoms with Crippen molar-refractivity contribution < 1.29 is 18.0 Å². The SMILES string of the molecule is CN(CCC(F)(F)F)C(=O)CSCc1cccnc1. The molecule has 0 spiro atoms. The van der Waals surface area contributed by atoms with E-state index in [1.165, 1.54) is 18.8 Å². The fourth-order valence-corrected chi connectivity index (χ4v) is 2.17. The van der Waals surface area contributed by atoms with Gasteiger partial charge in [0, 0.05) is 31.7 Å². The molecule has 0 N–H and O–H groups in total. The number of amides is 1. The largest absolute Gasteiger partial charge is 0.390 e. The Bertz CT molecular complexity index is 398. The summed E-state index contributed by atoms with van der Waals surface area (Å²) in [6, 6.07) is 3.69. The second-order valence-electron chi connectivity index (χ2n) is 4.03. The Balaban J connectivity index is 2.23. The molecule has 0 unspecified atom stereocenters. The number of aromatic nitrogens is 1. The van der Waals surface area contributed by atoms with Crippen molar-refractivity contribution in [1.82, 2.24) is 9.88 Å². The van der Waals surface area contributed by atoms with E-state index >= 15 is 0 Å². The van der Waals surface area contributed by atoms with Crippen molar-refractivity contribution in [3.05, 3.63) is 30.1 Å². The van der Waals surface area contributed by atoms with Crippen molar-refractivity contribution >= 4 is 17.7 Å². The Morgan fingerprint density at radius 3 is 2.79 bits per heavy atom. The maximum Gasteiger partial charge on any atom is 0.390 e.